The van der Waals surface area contributed by atoms with E-state index in [2.05, 4.69) is 36.0 Å². The van der Waals surface area contributed by atoms with Crippen molar-refractivity contribution < 1.29 is 4.74 Å². The summed E-state index contributed by atoms with van der Waals surface area (Å²) in [7, 11) is 0. The van der Waals surface area contributed by atoms with E-state index in [0.29, 0.717) is 12.2 Å². The van der Waals surface area contributed by atoms with Gasteiger partial charge < -0.3 is 15.0 Å². The Balaban J connectivity index is 1.92. The minimum Gasteiger partial charge on any atom is -0.372 e. The summed E-state index contributed by atoms with van der Waals surface area (Å²) in [5.41, 5.74) is 0. The molecule has 2 rings (SSSR count). The van der Waals surface area contributed by atoms with Crippen molar-refractivity contribution in [2.75, 3.05) is 24.5 Å². The van der Waals surface area contributed by atoms with Crippen molar-refractivity contribution in [2.45, 2.75) is 45.9 Å². The third kappa shape index (κ3) is 3.67. The maximum Gasteiger partial charge on any atom is 0.185 e. The van der Waals surface area contributed by atoms with E-state index in [0.717, 1.165) is 31.3 Å². The summed E-state index contributed by atoms with van der Waals surface area (Å²) in [6.07, 6.45) is 3.75. The van der Waals surface area contributed by atoms with Crippen molar-refractivity contribution in [1.29, 1.82) is 0 Å². The molecule has 102 valence electrons. The minimum atomic E-state index is 0.291. The van der Waals surface area contributed by atoms with Crippen LogP contribution in [-0.4, -0.2) is 36.8 Å². The van der Waals surface area contributed by atoms with Gasteiger partial charge in [-0.15, -0.1) is 11.3 Å². The first-order valence-electron chi connectivity index (χ1n) is 6.75. The molecule has 1 N–H and O–H groups in total. The maximum atomic E-state index is 5.75. The summed E-state index contributed by atoms with van der Waals surface area (Å²) in [6.45, 7) is 10.3. The lowest BCUT2D eigenvalue weighted by Gasteiger charge is -2.35. The number of nitrogens with zero attached hydrogens (tertiary/aromatic N) is 2. The van der Waals surface area contributed by atoms with Crippen LogP contribution in [0, 0.1) is 0 Å². The van der Waals surface area contributed by atoms with Crippen LogP contribution in [0.5, 0.6) is 0 Å². The van der Waals surface area contributed by atoms with Gasteiger partial charge >= 0.3 is 0 Å². The standard InChI is InChI=1S/C13H23N3OS/c1-4-5-14-6-12-7-15-13(18-12)16-8-10(2)17-11(3)9-16/h7,10-11,14H,4-6,8-9H2,1-3H3. The molecule has 5 heteroatoms. The number of nitrogens with one attached hydrogen (secondary N) is 1. The van der Waals surface area contributed by atoms with Gasteiger partial charge in [-0.2, -0.15) is 0 Å². The first-order valence-corrected chi connectivity index (χ1v) is 7.56. The summed E-state index contributed by atoms with van der Waals surface area (Å²) in [6, 6.07) is 0. The molecule has 0 saturated carbocycles. The highest BCUT2D eigenvalue weighted by Crippen LogP contribution is 2.25. The van der Waals surface area contributed by atoms with Crippen LogP contribution in [0.2, 0.25) is 0 Å². The fraction of sp³-hybridized carbons (Fsp3) is 0.769. The van der Waals surface area contributed by atoms with Crippen molar-refractivity contribution in [2.24, 2.45) is 0 Å². The van der Waals surface area contributed by atoms with Gasteiger partial charge in [0.1, 0.15) is 0 Å². The van der Waals surface area contributed by atoms with E-state index >= 15 is 0 Å². The number of anilines is 1. The molecular formula is C13H23N3OS. The van der Waals surface area contributed by atoms with E-state index in [1.165, 1.54) is 11.3 Å². The molecule has 0 amide bonds. The highest BCUT2D eigenvalue weighted by atomic mass is 32.1. The largest absolute Gasteiger partial charge is 0.372 e. The molecule has 1 aromatic rings. The van der Waals surface area contributed by atoms with Crippen molar-refractivity contribution >= 4 is 16.5 Å². The number of thiazole rings is 1. The van der Waals surface area contributed by atoms with E-state index < -0.39 is 0 Å². The van der Waals surface area contributed by atoms with E-state index in [-0.39, 0.29) is 0 Å². The highest BCUT2D eigenvalue weighted by Gasteiger charge is 2.24. The summed E-state index contributed by atoms with van der Waals surface area (Å²) in [5, 5.41) is 4.54. The molecule has 2 heterocycles. The van der Waals surface area contributed by atoms with E-state index in [1.54, 1.807) is 11.3 Å². The number of ether oxygens (including phenoxy) is 1. The zero-order chi connectivity index (χ0) is 13.0. The van der Waals surface area contributed by atoms with Crippen LogP contribution >= 0.6 is 11.3 Å². The zero-order valence-corrected chi connectivity index (χ0v) is 12.3. The van der Waals surface area contributed by atoms with Crippen molar-refractivity contribution in [3.8, 4) is 0 Å². The van der Waals surface area contributed by atoms with Crippen LogP contribution in [0.1, 0.15) is 32.1 Å². The summed E-state index contributed by atoms with van der Waals surface area (Å²) >= 11 is 1.79. The Morgan fingerprint density at radius 1 is 1.44 bits per heavy atom. The molecule has 1 aromatic heterocycles. The van der Waals surface area contributed by atoms with Crippen molar-refractivity contribution in [3.63, 3.8) is 0 Å². The van der Waals surface area contributed by atoms with Gasteiger partial charge in [0.15, 0.2) is 5.13 Å². The molecule has 0 aromatic carbocycles. The third-order valence-corrected chi connectivity index (χ3v) is 4.02. The predicted octanol–water partition coefficient (Wildman–Crippen LogP) is 2.26. The molecule has 0 radical (unpaired) electrons. The van der Waals surface area contributed by atoms with Crippen LogP contribution in [0.4, 0.5) is 5.13 Å². The Hall–Kier alpha value is -0.650. The average molecular weight is 269 g/mol. The predicted molar refractivity (Wildman–Crippen MR) is 76.3 cm³/mol. The molecule has 2 atom stereocenters. The fourth-order valence-electron chi connectivity index (χ4n) is 2.25. The van der Waals surface area contributed by atoms with Gasteiger partial charge in [0, 0.05) is 30.7 Å². The smallest absolute Gasteiger partial charge is 0.185 e. The highest BCUT2D eigenvalue weighted by molar-refractivity contribution is 7.15. The lowest BCUT2D eigenvalue weighted by Crippen LogP contribution is -2.45. The SMILES string of the molecule is CCCNCc1cnc(N2CC(C)OC(C)C2)s1. The van der Waals surface area contributed by atoms with Gasteiger partial charge in [0.2, 0.25) is 0 Å². The van der Waals surface area contributed by atoms with Crippen molar-refractivity contribution in [3.05, 3.63) is 11.1 Å². The number of rotatable bonds is 5. The van der Waals surface area contributed by atoms with Crippen molar-refractivity contribution in [1.82, 2.24) is 10.3 Å². The normalized spacial score (nSPS) is 24.5. The Labute approximate surface area is 113 Å². The molecule has 4 nitrogen and oxygen atoms in total. The van der Waals surface area contributed by atoms with Gasteiger partial charge in [-0.05, 0) is 26.8 Å². The van der Waals surface area contributed by atoms with Gasteiger partial charge in [0.25, 0.3) is 0 Å². The monoisotopic (exact) mass is 269 g/mol. The van der Waals surface area contributed by atoms with Gasteiger partial charge in [0.05, 0.1) is 12.2 Å². The lowest BCUT2D eigenvalue weighted by atomic mass is 10.2. The second-order valence-electron chi connectivity index (χ2n) is 4.95. The zero-order valence-electron chi connectivity index (χ0n) is 11.5. The number of aromatic nitrogens is 1. The van der Waals surface area contributed by atoms with Crippen LogP contribution < -0.4 is 10.2 Å². The van der Waals surface area contributed by atoms with Crippen LogP contribution in [0.25, 0.3) is 0 Å². The maximum absolute atomic E-state index is 5.75. The van der Waals surface area contributed by atoms with Gasteiger partial charge in [-0.1, -0.05) is 6.92 Å². The van der Waals surface area contributed by atoms with Crippen LogP contribution in [0.3, 0.4) is 0 Å². The quantitative estimate of drug-likeness (QED) is 0.832. The van der Waals surface area contributed by atoms with Gasteiger partial charge in [-0.3, -0.25) is 0 Å². The summed E-state index contributed by atoms with van der Waals surface area (Å²) in [5.74, 6) is 0. The molecule has 1 aliphatic rings. The third-order valence-electron chi connectivity index (χ3n) is 2.96. The van der Waals surface area contributed by atoms with Gasteiger partial charge in [-0.25, -0.2) is 4.98 Å². The molecule has 0 spiro atoms. The first kappa shape index (κ1) is 13.8. The molecule has 0 aliphatic carbocycles. The second kappa shape index (κ2) is 6.50. The lowest BCUT2D eigenvalue weighted by molar-refractivity contribution is -0.00522. The Morgan fingerprint density at radius 3 is 2.83 bits per heavy atom. The molecular weight excluding hydrogens is 246 g/mol. The Morgan fingerprint density at radius 2 is 2.17 bits per heavy atom. The topological polar surface area (TPSA) is 37.4 Å². The summed E-state index contributed by atoms with van der Waals surface area (Å²) in [4.78, 5) is 8.19. The molecule has 0 bridgehead atoms. The summed E-state index contributed by atoms with van der Waals surface area (Å²) < 4.78 is 5.75. The van der Waals surface area contributed by atoms with E-state index in [9.17, 15) is 0 Å². The molecule has 2 unspecified atom stereocenters. The minimum absolute atomic E-state index is 0.291. The second-order valence-corrected chi connectivity index (χ2v) is 6.04. The number of hydrogen-bond donors (Lipinski definition) is 1. The number of morpholine rings is 1. The molecule has 1 saturated heterocycles. The van der Waals surface area contributed by atoms with Crippen LogP contribution in [-0.2, 0) is 11.3 Å². The first-order chi connectivity index (χ1) is 8.69. The number of hydrogen-bond acceptors (Lipinski definition) is 5. The molecule has 1 aliphatic heterocycles. The average Bonchev–Trinajstić information content (AvgIpc) is 2.77. The van der Waals surface area contributed by atoms with E-state index in [4.69, 9.17) is 4.74 Å². The molecule has 1 fully saturated rings. The van der Waals surface area contributed by atoms with E-state index in [1.807, 2.05) is 6.20 Å². The fourth-order valence-corrected chi connectivity index (χ4v) is 3.15. The Kier molecular flexibility index (Phi) is 4.97. The van der Waals surface area contributed by atoms with Crippen LogP contribution in [0.15, 0.2) is 6.20 Å². The Bertz CT molecular complexity index is 359. The molecule has 18 heavy (non-hydrogen) atoms.